The van der Waals surface area contributed by atoms with Crippen LogP contribution < -0.4 is 5.73 Å². The maximum atomic E-state index is 8.75. The van der Waals surface area contributed by atoms with Gasteiger partial charge in [-0.15, -0.1) is 0 Å². The molecule has 106 valence electrons. The highest BCUT2D eigenvalue weighted by Gasteiger charge is 2.24. The summed E-state index contributed by atoms with van der Waals surface area (Å²) in [5.41, 5.74) is 5.48. The highest BCUT2D eigenvalue weighted by Crippen LogP contribution is 2.25. The lowest BCUT2D eigenvalue weighted by atomic mass is 9.87. The average Bonchev–Trinajstić information content (AvgIpc) is 2.36. The van der Waals surface area contributed by atoms with Crippen LogP contribution in [0.25, 0.3) is 0 Å². The molecule has 0 radical (unpaired) electrons. The highest BCUT2D eigenvalue weighted by molar-refractivity contribution is 5.85. The average molecular weight is 255 g/mol. The summed E-state index contributed by atoms with van der Waals surface area (Å²) < 4.78 is 0. The monoisotopic (exact) mass is 255 g/mol. The van der Waals surface area contributed by atoms with Gasteiger partial charge in [-0.05, 0) is 38.8 Å². The Hall–Kier alpha value is -0.770. The third kappa shape index (κ3) is 4.84. The maximum absolute atomic E-state index is 8.75. The lowest BCUT2D eigenvalue weighted by molar-refractivity contribution is 0.216. The Morgan fingerprint density at radius 2 is 1.94 bits per heavy atom. The smallest absolute Gasteiger partial charge is 0.144 e. The fourth-order valence-electron chi connectivity index (χ4n) is 2.64. The molecule has 0 amide bonds. The van der Waals surface area contributed by atoms with Gasteiger partial charge in [0.1, 0.15) is 5.84 Å². The molecule has 0 aromatic rings. The van der Waals surface area contributed by atoms with E-state index in [1.807, 2.05) is 13.8 Å². The van der Waals surface area contributed by atoms with Gasteiger partial charge in [0.2, 0.25) is 0 Å². The lowest BCUT2D eigenvalue weighted by Crippen LogP contribution is -2.36. The molecular weight excluding hydrogens is 226 g/mol. The summed E-state index contributed by atoms with van der Waals surface area (Å²) in [6.45, 7) is 6.24. The molecule has 0 bridgehead atoms. The van der Waals surface area contributed by atoms with E-state index in [0.29, 0.717) is 5.84 Å². The summed E-state index contributed by atoms with van der Waals surface area (Å²) in [7, 11) is 2.18. The van der Waals surface area contributed by atoms with Gasteiger partial charge in [0.15, 0.2) is 0 Å². The predicted octanol–water partition coefficient (Wildman–Crippen LogP) is 2.66. The molecule has 3 N–H and O–H groups in total. The molecule has 1 rings (SSSR count). The van der Waals surface area contributed by atoms with Crippen LogP contribution in [-0.4, -0.2) is 36.1 Å². The molecule has 0 unspecified atom stereocenters. The van der Waals surface area contributed by atoms with E-state index >= 15 is 0 Å². The van der Waals surface area contributed by atoms with Gasteiger partial charge < -0.3 is 15.8 Å². The van der Waals surface area contributed by atoms with Crippen molar-refractivity contribution in [3.05, 3.63) is 0 Å². The van der Waals surface area contributed by atoms with Crippen molar-refractivity contribution in [2.45, 2.75) is 52.4 Å². The molecule has 0 aliphatic heterocycles. The van der Waals surface area contributed by atoms with Crippen molar-refractivity contribution in [3.63, 3.8) is 0 Å². The minimum Gasteiger partial charge on any atom is -0.409 e. The zero-order chi connectivity index (χ0) is 13.6. The number of nitrogens with zero attached hydrogens (tertiary/aromatic N) is 2. The van der Waals surface area contributed by atoms with E-state index in [1.165, 1.54) is 38.6 Å². The lowest BCUT2D eigenvalue weighted by Gasteiger charge is -2.30. The predicted molar refractivity (Wildman–Crippen MR) is 75.9 cm³/mol. The van der Waals surface area contributed by atoms with Crippen LogP contribution in [0.2, 0.25) is 0 Å². The van der Waals surface area contributed by atoms with Crippen molar-refractivity contribution >= 4 is 5.84 Å². The number of hydrogen-bond acceptors (Lipinski definition) is 3. The van der Waals surface area contributed by atoms with Gasteiger partial charge >= 0.3 is 0 Å². The molecule has 4 nitrogen and oxygen atoms in total. The molecule has 0 aromatic carbocycles. The SMILES string of the molecule is CN(CCC(C)(C)C(N)=NO)CC1CCCCC1. The quantitative estimate of drug-likeness (QED) is 0.332. The molecule has 0 atom stereocenters. The number of rotatable bonds is 6. The van der Waals surface area contributed by atoms with Crippen LogP contribution in [0.4, 0.5) is 0 Å². The van der Waals surface area contributed by atoms with Gasteiger partial charge in [0.25, 0.3) is 0 Å². The van der Waals surface area contributed by atoms with Crippen LogP contribution >= 0.6 is 0 Å². The molecule has 4 heteroatoms. The number of amidine groups is 1. The fourth-order valence-corrected chi connectivity index (χ4v) is 2.64. The van der Waals surface area contributed by atoms with E-state index in [1.54, 1.807) is 0 Å². The first-order valence-electron chi connectivity index (χ1n) is 7.12. The van der Waals surface area contributed by atoms with Crippen LogP contribution in [-0.2, 0) is 0 Å². The first kappa shape index (κ1) is 15.3. The molecular formula is C14H29N3O. The second-order valence-corrected chi connectivity index (χ2v) is 6.39. The van der Waals surface area contributed by atoms with Crippen molar-refractivity contribution in [2.24, 2.45) is 22.2 Å². The fraction of sp³-hybridized carbons (Fsp3) is 0.929. The summed E-state index contributed by atoms with van der Waals surface area (Å²) in [4.78, 5) is 2.39. The Balaban J connectivity index is 2.29. The number of hydrogen-bond donors (Lipinski definition) is 2. The largest absolute Gasteiger partial charge is 0.409 e. The van der Waals surface area contributed by atoms with E-state index < -0.39 is 0 Å². The van der Waals surface area contributed by atoms with Gasteiger partial charge in [-0.2, -0.15) is 0 Å². The van der Waals surface area contributed by atoms with Crippen LogP contribution in [0.1, 0.15) is 52.4 Å². The summed E-state index contributed by atoms with van der Waals surface area (Å²) in [5.74, 6) is 1.20. The number of oxime groups is 1. The van der Waals surface area contributed by atoms with Gasteiger partial charge in [-0.1, -0.05) is 38.3 Å². The number of nitrogens with two attached hydrogens (primary N) is 1. The Morgan fingerprint density at radius 3 is 2.50 bits per heavy atom. The van der Waals surface area contributed by atoms with Gasteiger partial charge in [-0.3, -0.25) is 0 Å². The standard InChI is InChI=1S/C14H29N3O/c1-14(2,13(15)16-18)9-10-17(3)11-12-7-5-4-6-8-12/h12,18H,4-11H2,1-3H3,(H2,15,16). The van der Waals surface area contributed by atoms with Crippen LogP contribution in [0.3, 0.4) is 0 Å². The third-order valence-electron chi connectivity index (χ3n) is 4.21. The first-order chi connectivity index (χ1) is 8.45. The molecule has 0 saturated heterocycles. The topological polar surface area (TPSA) is 61.8 Å². The minimum atomic E-state index is -0.227. The van der Waals surface area contributed by atoms with E-state index in [2.05, 4.69) is 17.1 Å². The van der Waals surface area contributed by atoms with Crippen LogP contribution in [0, 0.1) is 11.3 Å². The van der Waals surface area contributed by atoms with Crippen LogP contribution in [0.5, 0.6) is 0 Å². The second kappa shape index (κ2) is 6.98. The van der Waals surface area contributed by atoms with Gasteiger partial charge in [0.05, 0.1) is 0 Å². The van der Waals surface area contributed by atoms with Crippen molar-refractivity contribution < 1.29 is 5.21 Å². The minimum absolute atomic E-state index is 0.227. The highest BCUT2D eigenvalue weighted by atomic mass is 16.4. The molecule has 0 aromatic heterocycles. The summed E-state index contributed by atoms with van der Waals surface area (Å²) in [5, 5.41) is 11.9. The van der Waals surface area contributed by atoms with E-state index in [4.69, 9.17) is 10.9 Å². The van der Waals surface area contributed by atoms with Crippen molar-refractivity contribution in [3.8, 4) is 0 Å². The van der Waals surface area contributed by atoms with E-state index in [-0.39, 0.29) is 5.41 Å². The third-order valence-corrected chi connectivity index (χ3v) is 4.21. The molecule has 0 spiro atoms. The van der Waals surface area contributed by atoms with Crippen molar-refractivity contribution in [1.82, 2.24) is 4.90 Å². The van der Waals surface area contributed by atoms with Crippen LogP contribution in [0.15, 0.2) is 5.16 Å². The molecule has 18 heavy (non-hydrogen) atoms. The van der Waals surface area contributed by atoms with Gasteiger partial charge in [-0.25, -0.2) is 0 Å². The zero-order valence-corrected chi connectivity index (χ0v) is 12.2. The van der Waals surface area contributed by atoms with Crippen molar-refractivity contribution in [2.75, 3.05) is 20.1 Å². The van der Waals surface area contributed by atoms with E-state index in [9.17, 15) is 0 Å². The normalized spacial score (nSPS) is 19.4. The second-order valence-electron chi connectivity index (χ2n) is 6.39. The van der Waals surface area contributed by atoms with Crippen molar-refractivity contribution in [1.29, 1.82) is 0 Å². The zero-order valence-electron chi connectivity index (χ0n) is 12.2. The maximum Gasteiger partial charge on any atom is 0.144 e. The first-order valence-corrected chi connectivity index (χ1v) is 7.12. The molecule has 1 aliphatic rings. The Morgan fingerprint density at radius 1 is 1.33 bits per heavy atom. The molecule has 1 saturated carbocycles. The van der Waals surface area contributed by atoms with Gasteiger partial charge in [0, 0.05) is 12.0 Å². The summed E-state index contributed by atoms with van der Waals surface area (Å²) in [6.07, 6.45) is 7.90. The Labute approximate surface area is 111 Å². The van der Waals surface area contributed by atoms with E-state index in [0.717, 1.165) is 18.9 Å². The molecule has 1 fully saturated rings. The summed E-state index contributed by atoms with van der Waals surface area (Å²) >= 11 is 0. The Bertz CT molecular complexity index is 270. The molecule has 1 aliphatic carbocycles. The Kier molecular flexibility index (Phi) is 5.93. The molecule has 0 heterocycles. The summed E-state index contributed by atoms with van der Waals surface area (Å²) in [6, 6.07) is 0.